The second kappa shape index (κ2) is 7.40. The van der Waals surface area contributed by atoms with E-state index in [4.69, 9.17) is 34.1 Å². The van der Waals surface area contributed by atoms with Gasteiger partial charge in [0.05, 0.1) is 5.75 Å². The predicted molar refractivity (Wildman–Crippen MR) is 76.8 cm³/mol. The first kappa shape index (κ1) is 18.2. The van der Waals surface area contributed by atoms with Crippen molar-refractivity contribution in [2.24, 2.45) is 0 Å². The predicted octanol–water partition coefficient (Wildman–Crippen LogP) is 2.84. The van der Waals surface area contributed by atoms with Crippen LogP contribution in [0.2, 0.25) is 5.02 Å². The van der Waals surface area contributed by atoms with Gasteiger partial charge in [0.1, 0.15) is 5.82 Å². The molecule has 0 bridgehead atoms. The van der Waals surface area contributed by atoms with E-state index in [9.17, 15) is 22.4 Å². The summed E-state index contributed by atoms with van der Waals surface area (Å²) in [6, 6.07) is 3.66. The van der Waals surface area contributed by atoms with Gasteiger partial charge in [-0.2, -0.15) is 4.42 Å². The molecule has 116 valence electrons. The fourth-order valence-electron chi connectivity index (χ4n) is 1.39. The Bertz CT molecular complexity index is 649. The fraction of sp³-hybridized carbons (Fsp3) is 0.273. The Labute approximate surface area is 135 Å². The number of benzene rings is 1. The summed E-state index contributed by atoms with van der Waals surface area (Å²) in [4.78, 5) is 20.7. The Morgan fingerprint density at radius 1 is 1.19 bits per heavy atom. The topological polar surface area (TPSA) is 71.5 Å². The molecule has 1 aliphatic heterocycles. The van der Waals surface area contributed by atoms with Crippen molar-refractivity contribution in [1.82, 2.24) is 4.42 Å². The molecule has 0 saturated carbocycles. The van der Waals surface area contributed by atoms with Crippen LogP contribution in [0.5, 0.6) is 0 Å². The minimum Gasteiger partial charge on any atom is -0.273 e. The summed E-state index contributed by atoms with van der Waals surface area (Å²) in [5.41, 5.74) is -0.0255. The number of nitrogens with zero attached hydrogens (tertiary/aromatic N) is 1. The Balaban J connectivity index is 0.000000235. The van der Waals surface area contributed by atoms with Crippen molar-refractivity contribution in [3.63, 3.8) is 0 Å². The summed E-state index contributed by atoms with van der Waals surface area (Å²) in [6.45, 7) is 0. The molecule has 1 aromatic carbocycles. The molecule has 0 atom stereocenters. The van der Waals surface area contributed by atoms with E-state index in [1.54, 1.807) is 0 Å². The maximum atomic E-state index is 12.9. The van der Waals surface area contributed by atoms with Crippen LogP contribution in [0.1, 0.15) is 18.4 Å². The fourth-order valence-corrected chi connectivity index (χ4v) is 2.70. The van der Waals surface area contributed by atoms with Gasteiger partial charge in [-0.1, -0.05) is 11.6 Å². The maximum absolute atomic E-state index is 12.9. The molecule has 1 heterocycles. The van der Waals surface area contributed by atoms with E-state index in [2.05, 4.69) is 0 Å². The number of carbonyl (C=O) groups excluding carboxylic acids is 2. The molecule has 5 nitrogen and oxygen atoms in total. The van der Waals surface area contributed by atoms with Crippen LogP contribution in [0.15, 0.2) is 18.2 Å². The first-order chi connectivity index (χ1) is 9.60. The first-order valence-electron chi connectivity index (χ1n) is 5.48. The van der Waals surface area contributed by atoms with Crippen LogP contribution in [0, 0.1) is 5.82 Å². The lowest BCUT2D eigenvalue weighted by Gasteiger charge is -2.00. The number of amides is 2. The van der Waals surface area contributed by atoms with E-state index in [0.717, 1.165) is 6.07 Å². The van der Waals surface area contributed by atoms with E-state index in [1.165, 1.54) is 12.1 Å². The summed E-state index contributed by atoms with van der Waals surface area (Å²) >= 11 is 10.7. The van der Waals surface area contributed by atoms with E-state index >= 15 is 0 Å². The Hall–Kier alpha value is -0.890. The summed E-state index contributed by atoms with van der Waals surface area (Å²) in [7, 11) is 1.21. The first-order valence-corrected chi connectivity index (χ1v) is 8.67. The summed E-state index contributed by atoms with van der Waals surface area (Å²) < 4.78 is 34.8. The zero-order chi connectivity index (χ0) is 16.2. The normalized spacial score (nSPS) is 15.0. The van der Waals surface area contributed by atoms with Crippen molar-refractivity contribution in [2.75, 3.05) is 0 Å². The lowest BCUT2D eigenvalue weighted by atomic mass is 10.2. The lowest BCUT2D eigenvalue weighted by molar-refractivity contribution is -0.132. The average molecular weight is 377 g/mol. The zero-order valence-electron chi connectivity index (χ0n) is 10.4. The standard InChI is InChI=1S/C7H5Cl2FO2S.C4H4ClNO2/c8-6-1-2-7(10)5(3-6)4-13(9,11)12;5-6-3(7)1-2-4(6)8/h1-3H,4H2;1-2H2. The highest BCUT2D eigenvalue weighted by Crippen LogP contribution is 2.18. The van der Waals surface area contributed by atoms with Crippen LogP contribution in [0.3, 0.4) is 0 Å². The van der Waals surface area contributed by atoms with E-state index < -0.39 is 20.6 Å². The number of rotatable bonds is 2. The second-order valence-electron chi connectivity index (χ2n) is 3.99. The van der Waals surface area contributed by atoms with Crippen molar-refractivity contribution >= 4 is 54.9 Å². The summed E-state index contributed by atoms with van der Waals surface area (Å²) in [5, 5.41) is 0.275. The summed E-state index contributed by atoms with van der Waals surface area (Å²) in [5.74, 6) is -1.78. The number of carbonyl (C=O) groups is 2. The van der Waals surface area contributed by atoms with Crippen LogP contribution in [-0.4, -0.2) is 24.7 Å². The molecule has 2 amide bonds. The molecule has 2 rings (SSSR count). The average Bonchev–Trinajstić information content (AvgIpc) is 2.64. The Kier molecular flexibility index (Phi) is 6.40. The third-order valence-corrected chi connectivity index (χ3v) is 3.92. The van der Waals surface area contributed by atoms with Gasteiger partial charge >= 0.3 is 0 Å². The molecule has 0 unspecified atom stereocenters. The molecule has 0 aliphatic carbocycles. The van der Waals surface area contributed by atoms with Crippen molar-refractivity contribution in [1.29, 1.82) is 0 Å². The van der Waals surface area contributed by atoms with Crippen LogP contribution < -0.4 is 0 Å². The molecule has 1 fully saturated rings. The van der Waals surface area contributed by atoms with Gasteiger partial charge in [0.2, 0.25) is 20.9 Å². The van der Waals surface area contributed by atoms with Gasteiger partial charge in [0.25, 0.3) is 0 Å². The molecule has 21 heavy (non-hydrogen) atoms. The lowest BCUT2D eigenvalue weighted by Crippen LogP contribution is -2.16. The van der Waals surface area contributed by atoms with Crippen LogP contribution in [-0.2, 0) is 24.4 Å². The molecule has 1 saturated heterocycles. The molecule has 0 aromatic heterocycles. The van der Waals surface area contributed by atoms with Crippen molar-refractivity contribution < 1.29 is 22.4 Å². The summed E-state index contributed by atoms with van der Waals surface area (Å²) in [6.07, 6.45) is 0.532. The van der Waals surface area contributed by atoms with E-state index in [1.807, 2.05) is 0 Å². The van der Waals surface area contributed by atoms with Crippen molar-refractivity contribution in [3.8, 4) is 0 Å². The Morgan fingerprint density at radius 2 is 1.71 bits per heavy atom. The number of hydrogen-bond donors (Lipinski definition) is 0. The van der Waals surface area contributed by atoms with Crippen molar-refractivity contribution in [3.05, 3.63) is 34.6 Å². The number of halogens is 4. The highest BCUT2D eigenvalue weighted by Gasteiger charge is 2.26. The quantitative estimate of drug-likeness (QED) is 0.452. The van der Waals surface area contributed by atoms with Gasteiger partial charge in [-0.15, -0.1) is 0 Å². The van der Waals surface area contributed by atoms with Gasteiger partial charge in [-0.25, -0.2) is 12.8 Å². The maximum Gasteiger partial charge on any atom is 0.244 e. The van der Waals surface area contributed by atoms with Gasteiger partial charge in [-0.05, 0) is 18.2 Å². The molecule has 0 N–H and O–H groups in total. The second-order valence-corrected chi connectivity index (χ2v) is 7.54. The van der Waals surface area contributed by atoms with Crippen molar-refractivity contribution in [2.45, 2.75) is 18.6 Å². The van der Waals surface area contributed by atoms with Crippen LogP contribution >= 0.6 is 34.1 Å². The van der Waals surface area contributed by atoms with Crippen LogP contribution in [0.25, 0.3) is 0 Å². The minimum atomic E-state index is -3.74. The number of imide groups is 1. The molecular weight excluding hydrogens is 368 g/mol. The largest absolute Gasteiger partial charge is 0.273 e. The zero-order valence-corrected chi connectivity index (χ0v) is 13.4. The van der Waals surface area contributed by atoms with E-state index in [0.29, 0.717) is 4.42 Å². The molecular formula is C11H9Cl3FNO4S. The molecule has 1 aromatic rings. The van der Waals surface area contributed by atoms with Gasteiger partial charge in [0, 0.05) is 45.9 Å². The smallest absolute Gasteiger partial charge is 0.244 e. The van der Waals surface area contributed by atoms with Gasteiger partial charge in [0.15, 0.2) is 0 Å². The Morgan fingerprint density at radius 3 is 2.10 bits per heavy atom. The molecule has 0 spiro atoms. The third-order valence-electron chi connectivity index (χ3n) is 2.33. The number of hydrogen-bond acceptors (Lipinski definition) is 4. The third kappa shape index (κ3) is 6.17. The highest BCUT2D eigenvalue weighted by atomic mass is 35.7. The minimum absolute atomic E-state index is 0.0255. The van der Waals surface area contributed by atoms with Gasteiger partial charge < -0.3 is 0 Å². The van der Waals surface area contributed by atoms with Crippen LogP contribution in [0.4, 0.5) is 4.39 Å². The van der Waals surface area contributed by atoms with E-state index in [-0.39, 0.29) is 35.2 Å². The monoisotopic (exact) mass is 375 g/mol. The van der Waals surface area contributed by atoms with Gasteiger partial charge in [-0.3, -0.25) is 9.59 Å². The highest BCUT2D eigenvalue weighted by molar-refractivity contribution is 8.13. The SMILES string of the molecule is O=C1CCC(=O)N1Cl.O=S(=O)(Cl)Cc1cc(Cl)ccc1F. The molecule has 0 radical (unpaired) electrons. The molecule has 10 heteroatoms. The molecule has 1 aliphatic rings.